The Balaban J connectivity index is 2.26. The van der Waals surface area contributed by atoms with Gasteiger partial charge in [-0.15, -0.1) is 0 Å². The Bertz CT molecular complexity index is 904. The van der Waals surface area contributed by atoms with Gasteiger partial charge in [0.1, 0.15) is 6.61 Å². The van der Waals surface area contributed by atoms with Crippen LogP contribution in [0.15, 0.2) is 60.7 Å². The Morgan fingerprint density at radius 3 is 1.94 bits per heavy atom. The predicted molar refractivity (Wildman–Crippen MR) is 132 cm³/mol. The van der Waals surface area contributed by atoms with Crippen LogP contribution in [0.2, 0.25) is 18.1 Å². The molecule has 0 saturated heterocycles. The van der Waals surface area contributed by atoms with Crippen molar-refractivity contribution in [1.29, 1.82) is 0 Å². The van der Waals surface area contributed by atoms with Crippen LogP contribution >= 0.6 is 11.6 Å². The summed E-state index contributed by atoms with van der Waals surface area (Å²) in [6.07, 6.45) is -0.510. The number of hydrogen-bond donors (Lipinski definition) is 0. The zero-order valence-corrected chi connectivity index (χ0v) is 21.9. The third kappa shape index (κ3) is 6.30. The van der Waals surface area contributed by atoms with Gasteiger partial charge in [0, 0.05) is 5.92 Å². The Kier molecular flexibility index (Phi) is 8.48. The number of alkyl halides is 1. The van der Waals surface area contributed by atoms with Crippen molar-refractivity contribution in [3.63, 3.8) is 0 Å². The lowest BCUT2D eigenvalue weighted by Gasteiger charge is -2.41. The molecule has 32 heavy (non-hydrogen) atoms. The van der Waals surface area contributed by atoms with Crippen LogP contribution in [0.3, 0.4) is 0 Å². The molecule has 0 radical (unpaired) electrons. The van der Waals surface area contributed by atoms with E-state index in [1.807, 2.05) is 60.7 Å². The second-order valence-corrected chi connectivity index (χ2v) is 15.4. The number of halogens is 1. The van der Waals surface area contributed by atoms with Crippen LogP contribution in [0.5, 0.6) is 0 Å². The summed E-state index contributed by atoms with van der Waals surface area (Å²) in [7, 11) is -2.22. The van der Waals surface area contributed by atoms with Gasteiger partial charge in [-0.2, -0.15) is 0 Å². The first-order chi connectivity index (χ1) is 14.8. The van der Waals surface area contributed by atoms with Gasteiger partial charge in [0.15, 0.2) is 19.0 Å². The molecule has 2 aromatic rings. The fourth-order valence-corrected chi connectivity index (χ4v) is 4.68. The number of ketones is 1. The van der Waals surface area contributed by atoms with Crippen LogP contribution in [0.1, 0.15) is 51.8 Å². The molecule has 2 aromatic carbocycles. The van der Waals surface area contributed by atoms with Crippen LogP contribution < -0.4 is 0 Å². The molecule has 0 unspecified atom stereocenters. The Hall–Kier alpha value is -1.95. The van der Waals surface area contributed by atoms with Crippen molar-refractivity contribution in [2.75, 3.05) is 0 Å². The molecular weight excluding hydrogens is 440 g/mol. The minimum absolute atomic E-state index is 0.0400. The average molecular weight is 475 g/mol. The van der Waals surface area contributed by atoms with Gasteiger partial charge in [-0.05, 0) is 36.2 Å². The van der Waals surface area contributed by atoms with E-state index in [-0.39, 0.29) is 11.6 Å². The molecule has 0 amide bonds. The van der Waals surface area contributed by atoms with E-state index in [0.29, 0.717) is 0 Å². The lowest BCUT2D eigenvalue weighted by atomic mass is 9.87. The topological polar surface area (TPSA) is 52.6 Å². The summed E-state index contributed by atoms with van der Waals surface area (Å²) in [6, 6.07) is 19.0. The highest BCUT2D eigenvalue weighted by Gasteiger charge is 2.47. The van der Waals surface area contributed by atoms with Gasteiger partial charge in [-0.25, -0.2) is 4.79 Å². The number of rotatable bonds is 9. The largest absolute Gasteiger partial charge is 0.459 e. The van der Waals surface area contributed by atoms with Gasteiger partial charge in [-0.1, -0.05) is 100.0 Å². The second-order valence-electron chi connectivity index (χ2n) is 9.93. The molecule has 0 heterocycles. The van der Waals surface area contributed by atoms with E-state index < -0.39 is 37.0 Å². The van der Waals surface area contributed by atoms with E-state index in [4.69, 9.17) is 20.8 Å². The molecule has 0 aromatic heterocycles. The van der Waals surface area contributed by atoms with E-state index in [1.54, 1.807) is 6.92 Å². The number of benzene rings is 2. The van der Waals surface area contributed by atoms with Gasteiger partial charge in [0.2, 0.25) is 0 Å². The standard InChI is InChI=1S/C26H35ClO4Si/c1-19(22(21-16-12-9-13-17-21)31-32(6,7)25(2,3)4)23(28)26(5,27)24(29)30-18-20-14-10-8-11-15-20/h8-17,19,22H,18H2,1-7H3/t19-,22-,26+/m0/s1. The predicted octanol–water partition coefficient (Wildman–Crippen LogP) is 6.70. The second kappa shape index (κ2) is 10.3. The maximum Gasteiger partial charge on any atom is 0.334 e. The Morgan fingerprint density at radius 1 is 0.938 bits per heavy atom. The van der Waals surface area contributed by atoms with Gasteiger partial charge < -0.3 is 9.16 Å². The smallest absolute Gasteiger partial charge is 0.334 e. The van der Waals surface area contributed by atoms with Crippen LogP contribution in [0.25, 0.3) is 0 Å². The van der Waals surface area contributed by atoms with Gasteiger partial charge in [-0.3, -0.25) is 4.79 Å². The molecular formula is C26H35ClO4Si. The zero-order chi connectivity index (χ0) is 24.2. The molecule has 6 heteroatoms. The molecule has 0 saturated carbocycles. The number of esters is 1. The fraction of sp³-hybridized carbons (Fsp3) is 0.462. The molecule has 0 bridgehead atoms. The number of hydrogen-bond acceptors (Lipinski definition) is 4. The summed E-state index contributed by atoms with van der Waals surface area (Å²) >= 11 is 6.52. The maximum absolute atomic E-state index is 13.5. The highest BCUT2D eigenvalue weighted by molar-refractivity contribution is 6.74. The van der Waals surface area contributed by atoms with E-state index in [1.165, 1.54) is 6.92 Å². The first-order valence-electron chi connectivity index (χ1n) is 10.9. The minimum Gasteiger partial charge on any atom is -0.459 e. The summed E-state index contributed by atoms with van der Waals surface area (Å²) in [6.45, 7) is 14.0. The summed E-state index contributed by atoms with van der Waals surface area (Å²) in [5, 5.41) is -0.0400. The van der Waals surface area contributed by atoms with Crippen molar-refractivity contribution < 1.29 is 18.8 Å². The summed E-state index contributed by atoms with van der Waals surface area (Å²) in [5.74, 6) is -1.80. The molecule has 0 aliphatic rings. The lowest BCUT2D eigenvalue weighted by molar-refractivity contribution is -0.152. The highest BCUT2D eigenvalue weighted by Crippen LogP contribution is 2.42. The van der Waals surface area contributed by atoms with Crippen LogP contribution in [0, 0.1) is 5.92 Å². The molecule has 3 atom stereocenters. The average Bonchev–Trinajstić information content (AvgIpc) is 2.75. The molecule has 0 N–H and O–H groups in total. The van der Waals surface area contributed by atoms with Gasteiger partial charge in [0.05, 0.1) is 6.10 Å². The molecule has 174 valence electrons. The highest BCUT2D eigenvalue weighted by atomic mass is 35.5. The lowest BCUT2D eigenvalue weighted by Crippen LogP contribution is -2.47. The first-order valence-corrected chi connectivity index (χ1v) is 14.2. The van der Waals surface area contributed by atoms with Crippen LogP contribution in [0.4, 0.5) is 0 Å². The first kappa shape index (κ1) is 26.3. The normalized spacial score (nSPS) is 16.0. The van der Waals surface area contributed by atoms with Crippen molar-refractivity contribution in [3.05, 3.63) is 71.8 Å². The van der Waals surface area contributed by atoms with E-state index in [9.17, 15) is 9.59 Å². The molecule has 0 spiro atoms. The van der Waals surface area contributed by atoms with Crippen molar-refractivity contribution in [1.82, 2.24) is 0 Å². The maximum atomic E-state index is 13.5. The number of carbonyl (C=O) groups is 2. The third-order valence-corrected chi connectivity index (χ3v) is 11.1. The van der Waals surface area contributed by atoms with E-state index >= 15 is 0 Å². The minimum atomic E-state index is -2.22. The molecule has 0 aliphatic carbocycles. The van der Waals surface area contributed by atoms with Crippen LogP contribution in [-0.2, 0) is 25.4 Å². The Labute approximate surface area is 198 Å². The zero-order valence-electron chi connectivity index (χ0n) is 20.1. The number of Topliss-reactive ketones (excluding diaryl/α,β-unsaturated/α-hetero) is 1. The van der Waals surface area contributed by atoms with Gasteiger partial charge >= 0.3 is 5.97 Å². The molecule has 0 fully saturated rings. The molecule has 2 rings (SSSR count). The van der Waals surface area contributed by atoms with Crippen molar-refractivity contribution in [2.45, 2.75) is 70.3 Å². The van der Waals surface area contributed by atoms with Crippen LogP contribution in [-0.4, -0.2) is 24.9 Å². The van der Waals surface area contributed by atoms with Crippen molar-refractivity contribution in [3.8, 4) is 0 Å². The third-order valence-electron chi connectivity index (χ3n) is 6.28. The molecule has 0 aliphatic heterocycles. The summed E-state index contributed by atoms with van der Waals surface area (Å²) in [5.41, 5.74) is 1.72. The summed E-state index contributed by atoms with van der Waals surface area (Å²) < 4.78 is 12.1. The number of ether oxygens (including phenoxy) is 1. The fourth-order valence-electron chi connectivity index (χ4n) is 3.12. The molecule has 4 nitrogen and oxygen atoms in total. The van der Waals surface area contributed by atoms with Gasteiger partial charge in [0.25, 0.3) is 0 Å². The monoisotopic (exact) mass is 474 g/mol. The quantitative estimate of drug-likeness (QED) is 0.176. The van der Waals surface area contributed by atoms with Crippen molar-refractivity contribution >= 4 is 31.7 Å². The summed E-state index contributed by atoms with van der Waals surface area (Å²) in [4.78, 5) is 24.4. The van der Waals surface area contributed by atoms with Crippen molar-refractivity contribution in [2.24, 2.45) is 5.92 Å². The van der Waals surface area contributed by atoms with E-state index in [0.717, 1.165) is 11.1 Å². The van der Waals surface area contributed by atoms with E-state index in [2.05, 4.69) is 33.9 Å². The SMILES string of the molecule is C[C@H](C(=O)[C@@](C)(Cl)C(=O)OCc1ccccc1)[C@H](O[Si](C)(C)C(C)(C)C)c1ccccc1. The Morgan fingerprint density at radius 2 is 1.44 bits per heavy atom. The number of carbonyl (C=O) groups excluding carboxylic acids is 2.